The number of hydrogen-bond donors (Lipinski definition) is 0. The molecule has 11 heavy (non-hydrogen) atoms. The lowest BCUT2D eigenvalue weighted by Gasteiger charge is -2.07. The largest absolute Gasteiger partial charge is 0.493 e. The van der Waals surface area contributed by atoms with Crippen molar-refractivity contribution in [2.75, 3.05) is 14.2 Å². The molecule has 0 aliphatic rings. The molecule has 1 rings (SSSR count). The van der Waals surface area contributed by atoms with E-state index < -0.39 is 0 Å². The van der Waals surface area contributed by atoms with Crippen molar-refractivity contribution in [3.63, 3.8) is 0 Å². The lowest BCUT2D eigenvalue weighted by molar-refractivity contribution is 0.355. The summed E-state index contributed by atoms with van der Waals surface area (Å²) in [4.78, 5) is 0. The van der Waals surface area contributed by atoms with Crippen molar-refractivity contribution < 1.29 is 9.47 Å². The Bertz CT molecular complexity index is 248. The normalized spacial score (nSPS) is 9.36. The van der Waals surface area contributed by atoms with Crippen LogP contribution in [0.15, 0.2) is 12.1 Å². The summed E-state index contributed by atoms with van der Waals surface area (Å²) in [5, 5.41) is 0.437. The van der Waals surface area contributed by atoms with E-state index in [0.29, 0.717) is 16.5 Å². The molecular weight excluding hydrogens is 164 g/mol. The highest BCUT2D eigenvalue weighted by Gasteiger charge is 2.05. The van der Waals surface area contributed by atoms with Crippen molar-refractivity contribution in [2.24, 2.45) is 0 Å². The van der Waals surface area contributed by atoms with Crippen LogP contribution in [0.5, 0.6) is 11.5 Å². The first kappa shape index (κ1) is 8.21. The fraction of sp³-hybridized carbons (Fsp3) is 0.250. The molecule has 0 spiro atoms. The molecule has 1 aromatic rings. The highest BCUT2D eigenvalue weighted by molar-refractivity contribution is 6.32. The van der Waals surface area contributed by atoms with E-state index >= 15 is 0 Å². The van der Waals surface area contributed by atoms with Gasteiger partial charge < -0.3 is 9.47 Å². The summed E-state index contributed by atoms with van der Waals surface area (Å²) < 4.78 is 9.97. The molecule has 1 radical (unpaired) electrons. The van der Waals surface area contributed by atoms with Gasteiger partial charge in [-0.15, -0.1) is 0 Å². The van der Waals surface area contributed by atoms with E-state index in [1.54, 1.807) is 19.2 Å². The predicted octanol–water partition coefficient (Wildman–Crippen LogP) is 2.16. The molecular formula is C8H8ClO2. The van der Waals surface area contributed by atoms with Crippen molar-refractivity contribution in [2.45, 2.75) is 0 Å². The van der Waals surface area contributed by atoms with Crippen molar-refractivity contribution in [3.05, 3.63) is 23.2 Å². The summed E-state index contributed by atoms with van der Waals surface area (Å²) in [5.41, 5.74) is 0. The molecule has 0 saturated heterocycles. The van der Waals surface area contributed by atoms with Crippen molar-refractivity contribution in [1.82, 2.24) is 0 Å². The third-order valence-corrected chi connectivity index (χ3v) is 1.57. The smallest absolute Gasteiger partial charge is 0.180 e. The molecule has 0 fully saturated rings. The summed E-state index contributed by atoms with van der Waals surface area (Å²) in [6.07, 6.45) is 0. The van der Waals surface area contributed by atoms with Crippen LogP contribution >= 0.6 is 11.6 Å². The van der Waals surface area contributed by atoms with E-state index in [4.69, 9.17) is 21.1 Å². The van der Waals surface area contributed by atoms with Crippen LogP contribution in [0.3, 0.4) is 0 Å². The van der Waals surface area contributed by atoms with E-state index in [2.05, 4.69) is 6.07 Å². The van der Waals surface area contributed by atoms with Gasteiger partial charge >= 0.3 is 0 Å². The molecule has 0 N–H and O–H groups in total. The molecule has 0 bridgehead atoms. The van der Waals surface area contributed by atoms with Gasteiger partial charge in [0.25, 0.3) is 0 Å². The number of ether oxygens (including phenoxy) is 2. The molecule has 2 nitrogen and oxygen atoms in total. The summed E-state index contributed by atoms with van der Waals surface area (Å²) in [7, 11) is 3.10. The summed E-state index contributed by atoms with van der Waals surface area (Å²) in [5.74, 6) is 1.15. The number of rotatable bonds is 2. The van der Waals surface area contributed by atoms with Gasteiger partial charge in [0.1, 0.15) is 0 Å². The summed E-state index contributed by atoms with van der Waals surface area (Å²) in [6.45, 7) is 0. The first-order valence-corrected chi connectivity index (χ1v) is 3.45. The zero-order valence-electron chi connectivity index (χ0n) is 6.35. The minimum absolute atomic E-state index is 0.437. The third kappa shape index (κ3) is 1.57. The Balaban J connectivity index is 3.13. The standard InChI is InChI=1S/C8H8ClO2/c1-10-7-5-3-4-6(9)8(7)11-2/h3,5H,1-2H3. The fourth-order valence-electron chi connectivity index (χ4n) is 0.791. The Kier molecular flexibility index (Phi) is 2.60. The molecule has 0 aliphatic carbocycles. The molecule has 1 aromatic carbocycles. The average molecular weight is 172 g/mol. The van der Waals surface area contributed by atoms with Crippen LogP contribution in [0.1, 0.15) is 0 Å². The van der Waals surface area contributed by atoms with Gasteiger partial charge in [-0.2, -0.15) is 0 Å². The van der Waals surface area contributed by atoms with Gasteiger partial charge in [0.2, 0.25) is 0 Å². The van der Waals surface area contributed by atoms with Crippen LogP contribution in [0.4, 0.5) is 0 Å². The molecule has 0 atom stereocenters. The summed E-state index contributed by atoms with van der Waals surface area (Å²) in [6, 6.07) is 6.21. The van der Waals surface area contributed by atoms with Gasteiger partial charge in [0.05, 0.1) is 19.2 Å². The van der Waals surface area contributed by atoms with Gasteiger partial charge in [-0.25, -0.2) is 0 Å². The maximum absolute atomic E-state index is 5.75. The molecule has 0 heterocycles. The SMILES string of the molecule is COc1cc[c]c(Cl)c1OC. The van der Waals surface area contributed by atoms with Gasteiger partial charge in [-0.3, -0.25) is 0 Å². The maximum atomic E-state index is 5.75. The predicted molar refractivity (Wildman–Crippen MR) is 43.4 cm³/mol. The molecule has 0 saturated carbocycles. The van der Waals surface area contributed by atoms with Crippen LogP contribution in [-0.2, 0) is 0 Å². The van der Waals surface area contributed by atoms with Crippen molar-refractivity contribution >= 4 is 11.6 Å². The quantitative estimate of drug-likeness (QED) is 0.679. The third-order valence-electron chi connectivity index (χ3n) is 1.29. The lowest BCUT2D eigenvalue weighted by Crippen LogP contribution is -1.90. The van der Waals surface area contributed by atoms with E-state index in [9.17, 15) is 0 Å². The van der Waals surface area contributed by atoms with Gasteiger partial charge in [0, 0.05) is 6.07 Å². The van der Waals surface area contributed by atoms with Gasteiger partial charge in [-0.1, -0.05) is 11.6 Å². The Labute approximate surface area is 70.7 Å². The van der Waals surface area contributed by atoms with Crippen LogP contribution in [0, 0.1) is 6.07 Å². The first-order chi connectivity index (χ1) is 5.29. The second-order valence-corrected chi connectivity index (χ2v) is 2.27. The Morgan fingerprint density at radius 2 is 2.09 bits per heavy atom. The van der Waals surface area contributed by atoms with Crippen LogP contribution in [0.25, 0.3) is 0 Å². The average Bonchev–Trinajstić information content (AvgIpc) is 2.04. The van der Waals surface area contributed by atoms with E-state index in [1.807, 2.05) is 0 Å². The van der Waals surface area contributed by atoms with Crippen LogP contribution < -0.4 is 9.47 Å². The van der Waals surface area contributed by atoms with E-state index in [1.165, 1.54) is 7.11 Å². The monoisotopic (exact) mass is 171 g/mol. The zero-order valence-corrected chi connectivity index (χ0v) is 7.11. The summed E-state index contributed by atoms with van der Waals surface area (Å²) >= 11 is 5.75. The molecule has 3 heteroatoms. The Morgan fingerprint density at radius 3 is 2.55 bits per heavy atom. The van der Waals surface area contributed by atoms with Gasteiger partial charge in [0.15, 0.2) is 11.5 Å². The van der Waals surface area contributed by atoms with E-state index in [-0.39, 0.29) is 0 Å². The second-order valence-electron chi connectivity index (χ2n) is 1.89. The topological polar surface area (TPSA) is 18.5 Å². The maximum Gasteiger partial charge on any atom is 0.180 e. The number of methoxy groups -OCH3 is 2. The van der Waals surface area contributed by atoms with Crippen molar-refractivity contribution in [3.8, 4) is 11.5 Å². The van der Waals surface area contributed by atoms with E-state index in [0.717, 1.165) is 0 Å². The minimum atomic E-state index is 0.437. The first-order valence-electron chi connectivity index (χ1n) is 3.07. The molecule has 59 valence electrons. The lowest BCUT2D eigenvalue weighted by atomic mass is 10.3. The minimum Gasteiger partial charge on any atom is -0.493 e. The number of benzene rings is 1. The molecule has 0 unspecified atom stereocenters. The number of halogens is 1. The fourth-order valence-corrected chi connectivity index (χ4v) is 1.02. The Morgan fingerprint density at radius 1 is 1.36 bits per heavy atom. The van der Waals surface area contributed by atoms with Crippen molar-refractivity contribution in [1.29, 1.82) is 0 Å². The highest BCUT2D eigenvalue weighted by atomic mass is 35.5. The Hall–Kier alpha value is -0.890. The molecule has 0 amide bonds. The van der Waals surface area contributed by atoms with Crippen LogP contribution in [-0.4, -0.2) is 14.2 Å². The number of hydrogen-bond acceptors (Lipinski definition) is 2. The molecule has 0 aliphatic heterocycles. The highest BCUT2D eigenvalue weighted by Crippen LogP contribution is 2.33. The second kappa shape index (κ2) is 3.49. The molecule has 0 aromatic heterocycles. The van der Waals surface area contributed by atoms with Gasteiger partial charge in [-0.05, 0) is 12.1 Å². The van der Waals surface area contributed by atoms with Crippen LogP contribution in [0.2, 0.25) is 5.02 Å². The zero-order chi connectivity index (χ0) is 8.27.